The molecule has 0 radical (unpaired) electrons. The van der Waals surface area contributed by atoms with Gasteiger partial charge in [-0.05, 0) is 41.8 Å². The van der Waals surface area contributed by atoms with Crippen molar-refractivity contribution >= 4 is 35.1 Å². The van der Waals surface area contributed by atoms with Crippen LogP contribution in [0.2, 0.25) is 10.0 Å². The van der Waals surface area contributed by atoms with Crippen LogP contribution in [0.1, 0.15) is 67.3 Å². The number of amides is 1. The fraction of sp³-hybridized carbons (Fsp3) is 0.360. The van der Waals surface area contributed by atoms with E-state index < -0.39 is 42.6 Å². The number of aryl methyl sites for hydroxylation is 1. The van der Waals surface area contributed by atoms with Crippen LogP contribution in [0.4, 0.5) is 0 Å². The van der Waals surface area contributed by atoms with E-state index in [1.807, 2.05) is 25.1 Å². The Bertz CT molecular complexity index is 1200. The highest BCUT2D eigenvalue weighted by Gasteiger charge is 2.48. The fourth-order valence-electron chi connectivity index (χ4n) is 4.44. The Morgan fingerprint density at radius 1 is 1.11 bits per heavy atom. The van der Waals surface area contributed by atoms with E-state index >= 15 is 0 Å². The van der Waals surface area contributed by atoms with E-state index in [9.17, 15) is 14.7 Å². The number of hydrogen-bond acceptors (Lipinski definition) is 6. The number of rotatable bonds is 8. The minimum absolute atomic E-state index is 0.289. The molecule has 1 aromatic heterocycles. The van der Waals surface area contributed by atoms with Crippen LogP contribution in [-0.2, 0) is 14.3 Å². The van der Waals surface area contributed by atoms with Gasteiger partial charge in [-0.25, -0.2) is 0 Å². The molecule has 4 atom stereocenters. The molecule has 1 fully saturated rings. The fourth-order valence-corrected chi connectivity index (χ4v) is 4.77. The summed E-state index contributed by atoms with van der Waals surface area (Å²) in [5, 5.41) is 18.7. The average Bonchev–Trinajstić information content (AvgIpc) is 3.25. The molecule has 0 bridgehead atoms. The van der Waals surface area contributed by atoms with Crippen molar-refractivity contribution in [2.24, 2.45) is 0 Å². The topological polar surface area (TPSA) is 106 Å². The minimum Gasteiger partial charge on any atom is -0.481 e. The van der Waals surface area contributed by atoms with Crippen LogP contribution >= 0.6 is 23.2 Å². The van der Waals surface area contributed by atoms with Gasteiger partial charge in [0.25, 0.3) is 5.91 Å². The lowest BCUT2D eigenvalue weighted by molar-refractivity contribution is -0.185. The molecule has 1 saturated heterocycles. The Morgan fingerprint density at radius 3 is 2.46 bits per heavy atom. The number of carboxylic acid groups (broad SMARTS) is 1. The second kappa shape index (κ2) is 10.8. The highest BCUT2D eigenvalue weighted by atomic mass is 35.5. The Morgan fingerprint density at radius 2 is 1.86 bits per heavy atom. The number of halogens is 2. The third-order valence-electron chi connectivity index (χ3n) is 5.90. The molecule has 0 aliphatic carbocycles. The first-order valence-electron chi connectivity index (χ1n) is 11.3. The van der Waals surface area contributed by atoms with Crippen molar-refractivity contribution in [3.63, 3.8) is 0 Å². The normalized spacial score (nSPS) is 21.2. The highest BCUT2D eigenvalue weighted by molar-refractivity contribution is 6.30. The largest absolute Gasteiger partial charge is 0.481 e. The zero-order valence-electron chi connectivity index (χ0n) is 19.2. The van der Waals surface area contributed by atoms with Gasteiger partial charge in [-0.1, -0.05) is 60.8 Å². The summed E-state index contributed by atoms with van der Waals surface area (Å²) in [6.07, 6.45) is -1.15. The molecule has 0 spiro atoms. The SMILES string of the molecule is CCC[C@H](c1nnc(C)o1)N1C(=O)[C@@H](CC(=O)O)O[C@H](c2cccc(Cl)c2)[C@@H]1c1ccc(Cl)cc1. The van der Waals surface area contributed by atoms with Crippen molar-refractivity contribution in [2.45, 2.75) is 57.4 Å². The summed E-state index contributed by atoms with van der Waals surface area (Å²) >= 11 is 12.4. The van der Waals surface area contributed by atoms with Crippen LogP contribution in [0.15, 0.2) is 52.9 Å². The molecule has 0 saturated carbocycles. The van der Waals surface area contributed by atoms with Gasteiger partial charge >= 0.3 is 5.97 Å². The lowest BCUT2D eigenvalue weighted by atomic mass is 9.89. The van der Waals surface area contributed by atoms with E-state index in [0.717, 1.165) is 12.0 Å². The molecule has 1 N–H and O–H groups in total. The van der Waals surface area contributed by atoms with Gasteiger partial charge in [0.15, 0.2) is 0 Å². The number of ether oxygens (including phenoxy) is 1. The first kappa shape index (κ1) is 25.2. The van der Waals surface area contributed by atoms with Crippen LogP contribution in [0.5, 0.6) is 0 Å². The second-order valence-electron chi connectivity index (χ2n) is 8.40. The lowest BCUT2D eigenvalue weighted by Crippen LogP contribution is -2.52. The van der Waals surface area contributed by atoms with Crippen LogP contribution in [0, 0.1) is 6.92 Å². The van der Waals surface area contributed by atoms with Crippen molar-refractivity contribution in [3.05, 3.63) is 81.5 Å². The molecule has 10 heteroatoms. The van der Waals surface area contributed by atoms with Gasteiger partial charge in [-0.2, -0.15) is 0 Å². The van der Waals surface area contributed by atoms with Crippen LogP contribution in [-0.4, -0.2) is 38.2 Å². The van der Waals surface area contributed by atoms with E-state index in [2.05, 4.69) is 10.2 Å². The molecular formula is C25H25Cl2N3O5. The maximum atomic E-state index is 13.8. The first-order chi connectivity index (χ1) is 16.8. The van der Waals surface area contributed by atoms with Crippen molar-refractivity contribution in [1.82, 2.24) is 15.1 Å². The first-order valence-corrected chi connectivity index (χ1v) is 12.0. The zero-order chi connectivity index (χ0) is 25.1. The number of benzene rings is 2. The van der Waals surface area contributed by atoms with Crippen molar-refractivity contribution in [3.8, 4) is 0 Å². The maximum Gasteiger partial charge on any atom is 0.306 e. The molecule has 4 rings (SSSR count). The summed E-state index contributed by atoms with van der Waals surface area (Å²) in [5.41, 5.74) is 1.47. The third-order valence-corrected chi connectivity index (χ3v) is 6.39. The van der Waals surface area contributed by atoms with E-state index in [0.29, 0.717) is 27.9 Å². The molecule has 0 unspecified atom stereocenters. The number of hydrogen-bond donors (Lipinski definition) is 1. The average molecular weight is 518 g/mol. The molecule has 184 valence electrons. The quantitative estimate of drug-likeness (QED) is 0.407. The molecular weight excluding hydrogens is 493 g/mol. The molecule has 8 nitrogen and oxygen atoms in total. The monoisotopic (exact) mass is 517 g/mol. The maximum absolute atomic E-state index is 13.8. The highest BCUT2D eigenvalue weighted by Crippen LogP contribution is 2.47. The number of aromatic nitrogens is 2. The summed E-state index contributed by atoms with van der Waals surface area (Å²) in [6, 6.07) is 13.0. The molecule has 35 heavy (non-hydrogen) atoms. The summed E-state index contributed by atoms with van der Waals surface area (Å²) < 4.78 is 12.0. The number of morpholine rings is 1. The third kappa shape index (κ3) is 5.50. The van der Waals surface area contributed by atoms with Gasteiger partial charge in [-0.15, -0.1) is 10.2 Å². The van der Waals surface area contributed by atoms with Crippen LogP contribution in [0.3, 0.4) is 0 Å². The summed E-state index contributed by atoms with van der Waals surface area (Å²) in [4.78, 5) is 27.1. The van der Waals surface area contributed by atoms with Gasteiger partial charge in [0, 0.05) is 17.0 Å². The Labute approximate surface area is 212 Å². The van der Waals surface area contributed by atoms with Crippen LogP contribution in [0.25, 0.3) is 0 Å². The Kier molecular flexibility index (Phi) is 7.74. The van der Waals surface area contributed by atoms with E-state index in [-0.39, 0.29) is 5.89 Å². The lowest BCUT2D eigenvalue weighted by Gasteiger charge is -2.47. The van der Waals surface area contributed by atoms with E-state index in [1.54, 1.807) is 42.2 Å². The molecule has 3 aromatic rings. The van der Waals surface area contributed by atoms with Gasteiger partial charge in [0.1, 0.15) is 18.2 Å². The summed E-state index contributed by atoms with van der Waals surface area (Å²) in [6.45, 7) is 3.67. The van der Waals surface area contributed by atoms with Gasteiger partial charge in [0.05, 0.1) is 12.5 Å². The van der Waals surface area contributed by atoms with Gasteiger partial charge in [0.2, 0.25) is 11.8 Å². The number of carbonyl (C=O) groups is 2. The smallest absolute Gasteiger partial charge is 0.306 e. The predicted molar refractivity (Wildman–Crippen MR) is 129 cm³/mol. The summed E-state index contributed by atoms with van der Waals surface area (Å²) in [5.74, 6) is -0.936. The number of aliphatic carboxylic acids is 1. The zero-order valence-corrected chi connectivity index (χ0v) is 20.7. The number of carboxylic acids is 1. The number of nitrogens with zero attached hydrogens (tertiary/aromatic N) is 3. The standard InChI is InChI=1S/C25H25Cl2N3O5/c1-3-5-19(24-29-28-14(2)34-24)30-22(15-8-10-17(26)11-9-15)23(16-6-4-7-18(27)12-16)35-20(25(30)33)13-21(31)32/h4,6-12,19-20,22-23H,3,5,13H2,1-2H3,(H,31,32)/t19-,20-,22+,23-/m1/s1. The molecule has 2 heterocycles. The van der Waals surface area contributed by atoms with Crippen LogP contribution < -0.4 is 0 Å². The van der Waals surface area contributed by atoms with Gasteiger partial charge in [-0.3, -0.25) is 9.59 Å². The van der Waals surface area contributed by atoms with Gasteiger partial charge < -0.3 is 19.2 Å². The predicted octanol–water partition coefficient (Wildman–Crippen LogP) is 5.71. The van der Waals surface area contributed by atoms with Crippen molar-refractivity contribution < 1.29 is 23.8 Å². The van der Waals surface area contributed by atoms with Crippen molar-refractivity contribution in [2.75, 3.05) is 0 Å². The van der Waals surface area contributed by atoms with Crippen molar-refractivity contribution in [1.29, 1.82) is 0 Å². The second-order valence-corrected chi connectivity index (χ2v) is 9.28. The molecule has 2 aromatic carbocycles. The van der Waals surface area contributed by atoms with E-state index in [4.69, 9.17) is 32.4 Å². The minimum atomic E-state index is -1.21. The van der Waals surface area contributed by atoms with E-state index in [1.165, 1.54) is 0 Å². The molecule has 1 aliphatic rings. The summed E-state index contributed by atoms with van der Waals surface area (Å²) in [7, 11) is 0. The molecule has 1 aliphatic heterocycles. The molecule has 1 amide bonds. The Balaban J connectivity index is 1.91. The number of carbonyl (C=O) groups excluding carboxylic acids is 1. The Hall–Kier alpha value is -2.94.